The molecule has 0 aromatic carbocycles. The number of nitrogens with two attached hydrogens (primary N) is 1. The summed E-state index contributed by atoms with van der Waals surface area (Å²) in [6, 6.07) is 0. The van der Waals surface area contributed by atoms with Gasteiger partial charge >= 0.3 is 11.8 Å². The summed E-state index contributed by atoms with van der Waals surface area (Å²) in [6.45, 7) is 15.3. The van der Waals surface area contributed by atoms with E-state index in [0.717, 1.165) is 25.1 Å². The molecule has 1 rings (SSSR count). The molecule has 0 atom stereocenters. The smallest absolute Gasteiger partial charge is 0.311 e. The van der Waals surface area contributed by atoms with Crippen LogP contribution in [0.25, 0.3) is 4.85 Å². The molecule has 0 fully saturated rings. The van der Waals surface area contributed by atoms with Gasteiger partial charge in [0, 0.05) is 19.4 Å². The fourth-order valence-corrected chi connectivity index (χ4v) is 2.13. The van der Waals surface area contributed by atoms with Crippen LogP contribution in [0.5, 0.6) is 0 Å². The first kappa shape index (κ1) is 18.0. The van der Waals surface area contributed by atoms with Gasteiger partial charge in [-0.1, -0.05) is 19.9 Å². The summed E-state index contributed by atoms with van der Waals surface area (Å²) < 4.78 is 7.14. The zero-order chi connectivity index (χ0) is 16.8. The van der Waals surface area contributed by atoms with Crippen LogP contribution in [-0.4, -0.2) is 21.1 Å². The summed E-state index contributed by atoms with van der Waals surface area (Å²) in [5.74, 6) is 1.26. The number of esters is 1. The van der Waals surface area contributed by atoms with E-state index in [2.05, 4.69) is 16.8 Å². The molecular weight excluding hydrogens is 280 g/mol. The molecule has 1 aromatic rings. The first-order valence-corrected chi connectivity index (χ1v) is 7.72. The minimum atomic E-state index is -0.464. The highest BCUT2D eigenvalue weighted by Crippen LogP contribution is 2.24. The second-order valence-electron chi connectivity index (χ2n) is 6.29. The molecule has 0 saturated carbocycles. The van der Waals surface area contributed by atoms with Crippen molar-refractivity contribution in [2.75, 3.05) is 5.73 Å². The Morgan fingerprint density at radius 2 is 2.09 bits per heavy atom. The molecular formula is C16H26N4O2. The van der Waals surface area contributed by atoms with E-state index in [0.29, 0.717) is 25.2 Å². The summed E-state index contributed by atoms with van der Waals surface area (Å²) in [5.41, 5.74) is 5.51. The summed E-state index contributed by atoms with van der Waals surface area (Å²) in [6.07, 6.45) is 3.79. The van der Waals surface area contributed by atoms with E-state index in [4.69, 9.17) is 17.0 Å². The Hall–Kier alpha value is -2.03. The molecule has 6 nitrogen and oxygen atoms in total. The number of ether oxygens (including phenoxy) is 1. The van der Waals surface area contributed by atoms with Gasteiger partial charge in [0.2, 0.25) is 5.82 Å². The molecule has 0 bridgehead atoms. The van der Waals surface area contributed by atoms with E-state index in [1.165, 1.54) is 0 Å². The van der Waals surface area contributed by atoms with Crippen molar-refractivity contribution >= 4 is 17.6 Å². The molecule has 0 aliphatic carbocycles. The average Bonchev–Trinajstić information content (AvgIpc) is 2.71. The third-order valence-corrected chi connectivity index (χ3v) is 3.11. The molecule has 0 spiro atoms. The monoisotopic (exact) mass is 306 g/mol. The maximum atomic E-state index is 11.7. The summed E-state index contributed by atoms with van der Waals surface area (Å²) >= 11 is 0. The maximum absolute atomic E-state index is 11.7. The van der Waals surface area contributed by atoms with Gasteiger partial charge in [-0.25, -0.2) is 0 Å². The van der Waals surface area contributed by atoms with Gasteiger partial charge in [-0.3, -0.25) is 4.79 Å². The predicted molar refractivity (Wildman–Crippen MR) is 86.6 cm³/mol. The lowest BCUT2D eigenvalue weighted by Gasteiger charge is -2.19. The summed E-state index contributed by atoms with van der Waals surface area (Å²) in [4.78, 5) is 19.4. The number of carbonyl (C=O) groups excluding carboxylic acids is 1. The number of nitrogens with zero attached hydrogens (tertiary/aromatic N) is 3. The number of hydrogen-bond acceptors (Lipinski definition) is 4. The first-order chi connectivity index (χ1) is 10.3. The number of unbranched alkanes of at least 4 members (excludes halogenated alkanes) is 1. The molecule has 2 N–H and O–H groups in total. The van der Waals surface area contributed by atoms with Crippen LogP contribution in [0.2, 0.25) is 0 Å². The minimum Gasteiger partial charge on any atom is -0.460 e. The Balaban J connectivity index is 2.66. The molecule has 0 unspecified atom stereocenters. The Morgan fingerprint density at radius 1 is 1.41 bits per heavy atom. The summed E-state index contributed by atoms with van der Waals surface area (Å²) in [7, 11) is 0. The van der Waals surface area contributed by atoms with Crippen LogP contribution < -0.4 is 5.73 Å². The zero-order valence-electron chi connectivity index (χ0n) is 14.0. The number of hydrogen-bond donors (Lipinski definition) is 1. The second kappa shape index (κ2) is 7.83. The van der Waals surface area contributed by atoms with Gasteiger partial charge in [0.15, 0.2) is 0 Å². The van der Waals surface area contributed by atoms with Crippen LogP contribution in [0.15, 0.2) is 0 Å². The molecule has 122 valence electrons. The summed E-state index contributed by atoms with van der Waals surface area (Å²) in [5, 5.41) is 0. The van der Waals surface area contributed by atoms with Crippen molar-refractivity contribution in [2.45, 2.75) is 71.9 Å². The van der Waals surface area contributed by atoms with Crippen LogP contribution in [0.3, 0.4) is 0 Å². The fourth-order valence-electron chi connectivity index (χ4n) is 2.13. The van der Waals surface area contributed by atoms with Gasteiger partial charge in [0.1, 0.15) is 11.4 Å². The molecule has 0 aliphatic rings. The number of aryl methyl sites for hydroxylation is 1. The Labute approximate surface area is 132 Å². The number of nitrogen functional groups attached to an aromatic ring is 1. The average molecular weight is 306 g/mol. The number of rotatable bonds is 7. The number of aromatic nitrogens is 2. The SMILES string of the molecule is [C-]#[N+]c1nc(CCCC)n(CCCC(=O)OC(C)(C)C)c1N. The van der Waals surface area contributed by atoms with Crippen molar-refractivity contribution in [3.05, 3.63) is 17.2 Å². The Bertz CT molecular complexity index is 550. The third-order valence-electron chi connectivity index (χ3n) is 3.11. The van der Waals surface area contributed by atoms with Gasteiger partial charge in [0.05, 0.1) is 0 Å². The van der Waals surface area contributed by atoms with E-state index in [9.17, 15) is 4.79 Å². The van der Waals surface area contributed by atoms with Crippen LogP contribution in [0.1, 0.15) is 59.2 Å². The second-order valence-corrected chi connectivity index (χ2v) is 6.29. The van der Waals surface area contributed by atoms with Crippen LogP contribution >= 0.6 is 0 Å². The Morgan fingerprint density at radius 3 is 2.64 bits per heavy atom. The van der Waals surface area contributed by atoms with Crippen molar-refractivity contribution in [2.24, 2.45) is 0 Å². The topological polar surface area (TPSA) is 74.5 Å². The van der Waals surface area contributed by atoms with E-state index in [-0.39, 0.29) is 11.8 Å². The lowest BCUT2D eigenvalue weighted by molar-refractivity contribution is -0.154. The van der Waals surface area contributed by atoms with E-state index in [1.54, 1.807) is 0 Å². The molecule has 1 aromatic heterocycles. The molecule has 22 heavy (non-hydrogen) atoms. The number of anilines is 1. The minimum absolute atomic E-state index is 0.216. The van der Waals surface area contributed by atoms with E-state index in [1.807, 2.05) is 25.3 Å². The zero-order valence-corrected chi connectivity index (χ0v) is 14.0. The van der Waals surface area contributed by atoms with Gasteiger partial charge in [-0.15, -0.1) is 4.98 Å². The van der Waals surface area contributed by atoms with E-state index >= 15 is 0 Å². The van der Waals surface area contributed by atoms with Crippen molar-refractivity contribution in [3.8, 4) is 0 Å². The highest BCUT2D eigenvalue weighted by atomic mass is 16.6. The van der Waals surface area contributed by atoms with Crippen molar-refractivity contribution in [3.63, 3.8) is 0 Å². The Kier molecular flexibility index (Phi) is 6.41. The molecule has 0 amide bonds. The lowest BCUT2D eigenvalue weighted by Crippen LogP contribution is -2.24. The normalized spacial score (nSPS) is 11.2. The quantitative estimate of drug-likeness (QED) is 0.618. The van der Waals surface area contributed by atoms with Gasteiger partial charge in [0.25, 0.3) is 0 Å². The number of carbonyl (C=O) groups is 1. The molecule has 0 aliphatic heterocycles. The van der Waals surface area contributed by atoms with E-state index < -0.39 is 5.60 Å². The van der Waals surface area contributed by atoms with Crippen molar-refractivity contribution in [1.82, 2.24) is 9.55 Å². The highest BCUT2D eigenvalue weighted by Gasteiger charge is 2.19. The molecule has 1 heterocycles. The first-order valence-electron chi connectivity index (χ1n) is 7.72. The molecule has 0 saturated heterocycles. The van der Waals surface area contributed by atoms with Crippen LogP contribution in [0, 0.1) is 6.57 Å². The van der Waals surface area contributed by atoms with Gasteiger partial charge in [-0.05, 0) is 33.6 Å². The maximum Gasteiger partial charge on any atom is 0.311 e. The highest BCUT2D eigenvalue weighted by molar-refractivity contribution is 5.69. The number of imidazole rings is 1. The lowest BCUT2D eigenvalue weighted by atomic mass is 10.2. The molecule has 6 heteroatoms. The predicted octanol–water partition coefficient (Wildman–Crippen LogP) is 3.48. The van der Waals surface area contributed by atoms with Crippen LogP contribution in [0.4, 0.5) is 11.6 Å². The van der Waals surface area contributed by atoms with Crippen LogP contribution in [-0.2, 0) is 22.5 Å². The molecule has 0 radical (unpaired) electrons. The van der Waals surface area contributed by atoms with Gasteiger partial charge in [-0.2, -0.15) is 0 Å². The standard InChI is InChI=1S/C16H26N4O2/c1-6-7-9-12-19-15(18-5)14(17)20(12)11-8-10-13(21)22-16(2,3)4/h6-11,17H2,1-4H3. The third kappa shape index (κ3) is 5.40. The fraction of sp³-hybridized carbons (Fsp3) is 0.688. The van der Waals surface area contributed by atoms with Crippen molar-refractivity contribution < 1.29 is 9.53 Å². The van der Waals surface area contributed by atoms with Gasteiger partial charge < -0.3 is 19.9 Å². The largest absolute Gasteiger partial charge is 0.460 e. The van der Waals surface area contributed by atoms with Crippen molar-refractivity contribution in [1.29, 1.82) is 0 Å².